The minimum absolute atomic E-state index is 0.197. The third-order valence-corrected chi connectivity index (χ3v) is 5.64. The Hall–Kier alpha value is -3.77. The van der Waals surface area contributed by atoms with Crippen LogP contribution in [0.25, 0.3) is 10.8 Å². The van der Waals surface area contributed by atoms with Gasteiger partial charge in [0, 0.05) is 10.9 Å². The Balaban J connectivity index is 1.43. The van der Waals surface area contributed by atoms with Crippen LogP contribution in [0.3, 0.4) is 0 Å². The second-order valence-corrected chi connectivity index (χ2v) is 8.01. The summed E-state index contributed by atoms with van der Waals surface area (Å²) in [5.41, 5.74) is 4.33. The van der Waals surface area contributed by atoms with E-state index in [-0.39, 0.29) is 11.2 Å². The Morgan fingerprint density at radius 1 is 0.667 bits per heavy atom. The molecular formula is C30H23F3. The molecule has 0 bridgehead atoms. The van der Waals surface area contributed by atoms with Crippen molar-refractivity contribution in [1.29, 1.82) is 0 Å². The first kappa shape index (κ1) is 22.4. The van der Waals surface area contributed by atoms with Crippen LogP contribution in [0.5, 0.6) is 0 Å². The highest BCUT2D eigenvalue weighted by Crippen LogP contribution is 2.21. The fourth-order valence-electron chi connectivity index (χ4n) is 3.73. The SMILES string of the molecule is C=CCCc1ccc(CCc2ccc(C#Cc3ccc4c(F)c(F)ccc4c3)c(F)c2)cc1. The minimum Gasteiger partial charge on any atom is -0.206 e. The van der Waals surface area contributed by atoms with E-state index >= 15 is 0 Å². The average molecular weight is 441 g/mol. The van der Waals surface area contributed by atoms with Gasteiger partial charge in [-0.1, -0.05) is 60.4 Å². The average Bonchev–Trinajstić information content (AvgIpc) is 2.84. The fraction of sp³-hybridized carbons (Fsp3) is 0.133. The molecule has 164 valence electrons. The summed E-state index contributed by atoms with van der Waals surface area (Å²) < 4.78 is 41.8. The van der Waals surface area contributed by atoms with Crippen molar-refractivity contribution < 1.29 is 13.2 Å². The van der Waals surface area contributed by atoms with Crippen LogP contribution in [0.15, 0.2) is 85.5 Å². The molecule has 0 aliphatic rings. The molecule has 0 N–H and O–H groups in total. The fourth-order valence-corrected chi connectivity index (χ4v) is 3.73. The lowest BCUT2D eigenvalue weighted by molar-refractivity contribution is 0.517. The van der Waals surface area contributed by atoms with Crippen LogP contribution >= 0.6 is 0 Å². The predicted octanol–water partition coefficient (Wildman–Crippen LogP) is 7.56. The summed E-state index contributed by atoms with van der Waals surface area (Å²) in [5, 5.41) is 0.743. The molecule has 0 heterocycles. The zero-order valence-corrected chi connectivity index (χ0v) is 18.2. The summed E-state index contributed by atoms with van der Waals surface area (Å²) in [5.74, 6) is 3.63. The molecule has 33 heavy (non-hydrogen) atoms. The molecule has 4 rings (SSSR count). The maximum absolute atomic E-state index is 14.6. The van der Waals surface area contributed by atoms with Gasteiger partial charge < -0.3 is 0 Å². The Kier molecular flexibility index (Phi) is 6.95. The molecule has 0 aromatic heterocycles. The van der Waals surface area contributed by atoms with E-state index in [9.17, 15) is 13.2 Å². The van der Waals surface area contributed by atoms with Gasteiger partial charge in [0.25, 0.3) is 0 Å². The molecule has 0 aliphatic heterocycles. The van der Waals surface area contributed by atoms with E-state index in [1.54, 1.807) is 18.2 Å². The molecule has 0 amide bonds. The highest BCUT2D eigenvalue weighted by atomic mass is 19.2. The standard InChI is InChI=1S/C30H23F3/c1-2-3-4-21-5-7-22(8-6-21)9-10-24-12-15-25(29(32)20-24)14-11-23-13-17-27-26(19-23)16-18-28(31)30(27)33/h2,5-8,12-13,15-20H,1,3-4,9-10H2. The second kappa shape index (κ2) is 10.2. The lowest BCUT2D eigenvalue weighted by Crippen LogP contribution is -1.94. The molecule has 0 saturated heterocycles. The van der Waals surface area contributed by atoms with Crippen LogP contribution in [0.4, 0.5) is 13.2 Å². The molecule has 4 aromatic carbocycles. The van der Waals surface area contributed by atoms with E-state index in [1.807, 2.05) is 12.1 Å². The van der Waals surface area contributed by atoms with Crippen LogP contribution in [-0.4, -0.2) is 0 Å². The molecule has 3 heteroatoms. The highest BCUT2D eigenvalue weighted by molar-refractivity contribution is 5.84. The molecule has 0 radical (unpaired) electrons. The number of halogens is 3. The number of hydrogen-bond acceptors (Lipinski definition) is 0. The van der Waals surface area contributed by atoms with E-state index in [1.165, 1.54) is 29.3 Å². The van der Waals surface area contributed by atoms with E-state index in [4.69, 9.17) is 0 Å². The monoisotopic (exact) mass is 440 g/mol. The summed E-state index contributed by atoms with van der Waals surface area (Å²) >= 11 is 0. The van der Waals surface area contributed by atoms with Gasteiger partial charge >= 0.3 is 0 Å². The van der Waals surface area contributed by atoms with E-state index < -0.39 is 11.6 Å². The Morgan fingerprint density at radius 3 is 2.09 bits per heavy atom. The van der Waals surface area contributed by atoms with Gasteiger partial charge in [0.05, 0.1) is 5.56 Å². The summed E-state index contributed by atoms with van der Waals surface area (Å²) in [6.45, 7) is 3.75. The molecule has 4 aromatic rings. The zero-order chi connectivity index (χ0) is 23.2. The maximum Gasteiger partial charge on any atom is 0.166 e. The number of allylic oxidation sites excluding steroid dienone is 1. The third kappa shape index (κ3) is 5.54. The van der Waals surface area contributed by atoms with Gasteiger partial charge in [-0.2, -0.15) is 0 Å². The first-order valence-corrected chi connectivity index (χ1v) is 10.9. The van der Waals surface area contributed by atoms with Crippen LogP contribution in [0, 0.1) is 29.3 Å². The number of aryl methyl sites for hydroxylation is 3. The number of fused-ring (bicyclic) bond motifs is 1. The number of rotatable bonds is 6. The molecular weight excluding hydrogens is 417 g/mol. The Bertz CT molecular complexity index is 1360. The van der Waals surface area contributed by atoms with Crippen LogP contribution in [0.1, 0.15) is 34.2 Å². The number of benzene rings is 4. The van der Waals surface area contributed by atoms with E-state index in [0.717, 1.165) is 37.3 Å². The Labute approximate surface area is 192 Å². The van der Waals surface area contributed by atoms with Crippen molar-refractivity contribution in [2.24, 2.45) is 0 Å². The van der Waals surface area contributed by atoms with E-state index in [0.29, 0.717) is 16.5 Å². The summed E-state index contributed by atoms with van der Waals surface area (Å²) in [7, 11) is 0. The van der Waals surface area contributed by atoms with Crippen molar-refractivity contribution in [3.8, 4) is 11.8 Å². The maximum atomic E-state index is 14.6. The van der Waals surface area contributed by atoms with Gasteiger partial charge in [0.15, 0.2) is 11.6 Å². The van der Waals surface area contributed by atoms with Crippen LogP contribution < -0.4 is 0 Å². The molecule has 0 aliphatic carbocycles. The topological polar surface area (TPSA) is 0 Å². The van der Waals surface area contributed by atoms with Crippen molar-refractivity contribution in [2.45, 2.75) is 25.7 Å². The molecule has 0 unspecified atom stereocenters. The van der Waals surface area contributed by atoms with E-state index in [2.05, 4.69) is 42.7 Å². The molecule has 0 atom stereocenters. The lowest BCUT2D eigenvalue weighted by Gasteiger charge is -2.05. The van der Waals surface area contributed by atoms with Crippen molar-refractivity contribution in [3.63, 3.8) is 0 Å². The van der Waals surface area contributed by atoms with Gasteiger partial charge in [-0.25, -0.2) is 13.2 Å². The summed E-state index contributed by atoms with van der Waals surface area (Å²) in [6.07, 6.45) is 5.45. The molecule has 0 saturated carbocycles. The third-order valence-electron chi connectivity index (χ3n) is 5.64. The van der Waals surface area contributed by atoms with Crippen molar-refractivity contribution in [1.82, 2.24) is 0 Å². The van der Waals surface area contributed by atoms with Gasteiger partial charge in [0.1, 0.15) is 5.82 Å². The summed E-state index contributed by atoms with van der Waals surface area (Å²) in [6, 6.07) is 21.0. The van der Waals surface area contributed by atoms with Crippen LogP contribution in [-0.2, 0) is 19.3 Å². The first-order valence-electron chi connectivity index (χ1n) is 10.9. The molecule has 0 spiro atoms. The predicted molar refractivity (Wildman–Crippen MR) is 129 cm³/mol. The van der Waals surface area contributed by atoms with Gasteiger partial charge in [-0.05, 0) is 78.1 Å². The lowest BCUT2D eigenvalue weighted by atomic mass is 10.0. The van der Waals surface area contributed by atoms with Gasteiger partial charge in [-0.3, -0.25) is 0 Å². The zero-order valence-electron chi connectivity index (χ0n) is 18.2. The minimum atomic E-state index is -0.885. The Morgan fingerprint density at radius 2 is 1.36 bits per heavy atom. The molecule has 0 nitrogen and oxygen atoms in total. The van der Waals surface area contributed by atoms with Crippen molar-refractivity contribution >= 4 is 10.8 Å². The smallest absolute Gasteiger partial charge is 0.166 e. The largest absolute Gasteiger partial charge is 0.206 e. The van der Waals surface area contributed by atoms with Crippen LogP contribution in [0.2, 0.25) is 0 Å². The normalized spacial score (nSPS) is 10.6. The number of hydrogen-bond donors (Lipinski definition) is 0. The first-order chi connectivity index (χ1) is 16.0. The highest BCUT2D eigenvalue weighted by Gasteiger charge is 2.07. The second-order valence-electron chi connectivity index (χ2n) is 8.01. The molecule has 0 fully saturated rings. The summed E-state index contributed by atoms with van der Waals surface area (Å²) in [4.78, 5) is 0. The van der Waals surface area contributed by atoms with Gasteiger partial charge in [-0.15, -0.1) is 6.58 Å². The van der Waals surface area contributed by atoms with Crippen molar-refractivity contribution in [3.05, 3.63) is 131 Å². The van der Waals surface area contributed by atoms with Crippen molar-refractivity contribution in [2.75, 3.05) is 0 Å². The quantitative estimate of drug-likeness (QED) is 0.214. The van der Waals surface area contributed by atoms with Gasteiger partial charge in [0.2, 0.25) is 0 Å².